The number of carbonyl (C=O) groups is 1. The quantitative estimate of drug-likeness (QED) is 0.544. The van der Waals surface area contributed by atoms with Crippen molar-refractivity contribution >= 4 is 19.1 Å². The summed E-state index contributed by atoms with van der Waals surface area (Å²) in [6.07, 6.45) is 4.66. The number of carboxylic acid groups (broad SMARTS) is 1. The first-order chi connectivity index (χ1) is 12.0. The fraction of sp³-hybridized carbons (Fsp3) is 0.250. The first kappa shape index (κ1) is 19.0. The van der Waals surface area contributed by atoms with Crippen molar-refractivity contribution in [2.45, 2.75) is 26.2 Å². The van der Waals surface area contributed by atoms with Crippen LogP contribution in [0.3, 0.4) is 0 Å². The van der Waals surface area contributed by atoms with Gasteiger partial charge in [-0.05, 0) is 49.0 Å². The van der Waals surface area contributed by atoms with Crippen LogP contribution >= 0.6 is 0 Å². The smallest absolute Gasteiger partial charge is 0.376 e. The lowest BCUT2D eigenvalue weighted by molar-refractivity contribution is -0.131. The Bertz CT molecular complexity index is 684. The molecular weight excluding hydrogens is 313 g/mol. The highest BCUT2D eigenvalue weighted by Gasteiger charge is 2.15. The zero-order valence-electron chi connectivity index (χ0n) is 14.5. The van der Waals surface area contributed by atoms with E-state index in [0.717, 1.165) is 36.6 Å². The molecule has 2 rings (SSSR count). The van der Waals surface area contributed by atoms with Gasteiger partial charge in [0.15, 0.2) is 0 Å². The van der Waals surface area contributed by atoms with Crippen LogP contribution in [0.2, 0.25) is 6.82 Å². The molecule has 0 atom stereocenters. The van der Waals surface area contributed by atoms with Crippen LogP contribution in [0.25, 0.3) is 6.08 Å². The average Bonchev–Trinajstić information content (AvgIpc) is 2.61. The number of aryl methyl sites for hydroxylation is 1. The zero-order chi connectivity index (χ0) is 18.1. The summed E-state index contributed by atoms with van der Waals surface area (Å²) in [4.78, 5) is 12.6. The van der Waals surface area contributed by atoms with E-state index in [9.17, 15) is 9.82 Å². The molecule has 25 heavy (non-hydrogen) atoms. The largest absolute Gasteiger partial charge is 0.478 e. The van der Waals surface area contributed by atoms with Crippen LogP contribution in [0.4, 0.5) is 0 Å². The van der Waals surface area contributed by atoms with Crippen molar-refractivity contribution < 1.29 is 14.9 Å². The van der Waals surface area contributed by atoms with Crippen molar-refractivity contribution in [2.75, 3.05) is 6.54 Å². The molecule has 0 fully saturated rings. The third-order valence-electron chi connectivity index (χ3n) is 4.07. The highest BCUT2D eigenvalue weighted by molar-refractivity contribution is 6.45. The Hall–Kier alpha value is -2.37. The van der Waals surface area contributed by atoms with Crippen molar-refractivity contribution in [3.8, 4) is 0 Å². The predicted octanol–water partition coefficient (Wildman–Crippen LogP) is 3.33. The Labute approximate surface area is 149 Å². The SMILES string of the molecule is CB(O)N(CCCc1ccccc1)Cc1ccc(C=CC(=O)O)cc1. The Morgan fingerprint density at radius 3 is 2.36 bits per heavy atom. The van der Waals surface area contributed by atoms with Crippen LogP contribution in [0.5, 0.6) is 0 Å². The molecule has 0 heterocycles. The van der Waals surface area contributed by atoms with E-state index in [4.69, 9.17) is 5.11 Å². The number of carboxylic acids is 1. The predicted molar refractivity (Wildman–Crippen MR) is 102 cm³/mol. The second kappa shape index (κ2) is 9.82. The molecule has 0 radical (unpaired) electrons. The molecule has 0 spiro atoms. The summed E-state index contributed by atoms with van der Waals surface area (Å²) >= 11 is 0. The molecular formula is C20H24BNO3. The van der Waals surface area contributed by atoms with E-state index in [-0.39, 0.29) is 0 Å². The molecule has 130 valence electrons. The summed E-state index contributed by atoms with van der Waals surface area (Å²) in [6.45, 7) is 3.26. The van der Waals surface area contributed by atoms with Crippen molar-refractivity contribution in [2.24, 2.45) is 0 Å². The van der Waals surface area contributed by atoms with Crippen LogP contribution in [-0.2, 0) is 17.8 Å². The van der Waals surface area contributed by atoms with Crippen molar-refractivity contribution in [3.05, 3.63) is 77.4 Å². The summed E-state index contributed by atoms with van der Waals surface area (Å²) < 4.78 is 0. The molecule has 0 aromatic heterocycles. The number of aliphatic carboxylic acids is 1. The summed E-state index contributed by atoms with van der Waals surface area (Å²) in [7, 11) is -0.512. The lowest BCUT2D eigenvalue weighted by Crippen LogP contribution is -2.37. The maximum Gasteiger partial charge on any atom is 0.376 e. The van der Waals surface area contributed by atoms with Gasteiger partial charge in [-0.25, -0.2) is 4.79 Å². The van der Waals surface area contributed by atoms with Crippen LogP contribution < -0.4 is 0 Å². The normalized spacial score (nSPS) is 11.2. The van der Waals surface area contributed by atoms with Gasteiger partial charge < -0.3 is 14.9 Å². The monoisotopic (exact) mass is 337 g/mol. The van der Waals surface area contributed by atoms with E-state index in [1.54, 1.807) is 12.9 Å². The molecule has 2 N–H and O–H groups in total. The number of hydrogen-bond donors (Lipinski definition) is 2. The topological polar surface area (TPSA) is 60.8 Å². The van der Waals surface area contributed by atoms with Gasteiger partial charge in [-0.2, -0.15) is 0 Å². The zero-order valence-corrected chi connectivity index (χ0v) is 14.5. The summed E-state index contributed by atoms with van der Waals surface area (Å²) in [5.74, 6) is -0.956. The van der Waals surface area contributed by atoms with E-state index in [2.05, 4.69) is 12.1 Å². The molecule has 0 aliphatic rings. The maximum absolute atomic E-state index is 10.5. The van der Waals surface area contributed by atoms with Gasteiger partial charge in [0.1, 0.15) is 0 Å². The Morgan fingerprint density at radius 1 is 1.08 bits per heavy atom. The van der Waals surface area contributed by atoms with Crippen molar-refractivity contribution in [1.29, 1.82) is 0 Å². The van der Waals surface area contributed by atoms with Crippen LogP contribution in [0.15, 0.2) is 60.7 Å². The van der Waals surface area contributed by atoms with Gasteiger partial charge in [-0.15, -0.1) is 0 Å². The van der Waals surface area contributed by atoms with Gasteiger partial charge in [0.25, 0.3) is 0 Å². The lowest BCUT2D eigenvalue weighted by atomic mass is 9.84. The van der Waals surface area contributed by atoms with Crippen molar-refractivity contribution in [1.82, 2.24) is 4.81 Å². The fourth-order valence-corrected chi connectivity index (χ4v) is 2.67. The fourth-order valence-electron chi connectivity index (χ4n) is 2.67. The van der Waals surface area contributed by atoms with E-state index in [1.165, 1.54) is 5.56 Å². The second-order valence-corrected chi connectivity index (χ2v) is 6.10. The van der Waals surface area contributed by atoms with Crippen LogP contribution in [0, 0.1) is 0 Å². The number of benzene rings is 2. The van der Waals surface area contributed by atoms with E-state index >= 15 is 0 Å². The first-order valence-electron chi connectivity index (χ1n) is 8.50. The second-order valence-electron chi connectivity index (χ2n) is 6.10. The molecule has 0 aliphatic heterocycles. The molecule has 0 saturated carbocycles. The van der Waals surface area contributed by atoms with Crippen LogP contribution in [-0.4, -0.2) is 34.5 Å². The molecule has 5 heteroatoms. The Balaban J connectivity index is 1.89. The Kier molecular flexibility index (Phi) is 7.45. The molecule has 0 saturated heterocycles. The minimum Gasteiger partial charge on any atom is -0.478 e. The summed E-state index contributed by atoms with van der Waals surface area (Å²) in [5, 5.41) is 18.7. The molecule has 0 amide bonds. The molecule has 4 nitrogen and oxygen atoms in total. The number of hydrogen-bond acceptors (Lipinski definition) is 3. The van der Waals surface area contributed by atoms with Crippen molar-refractivity contribution in [3.63, 3.8) is 0 Å². The molecule has 2 aromatic rings. The highest BCUT2D eigenvalue weighted by Crippen LogP contribution is 2.11. The number of rotatable bonds is 9. The van der Waals surface area contributed by atoms with Crippen LogP contribution in [0.1, 0.15) is 23.1 Å². The standard InChI is InChI=1S/C20H24BNO3/c1-21(25)22(15-5-8-17-6-3-2-4-7-17)16-19-11-9-18(10-12-19)13-14-20(23)24/h2-4,6-7,9-14,25H,5,8,15-16H2,1H3,(H,23,24). The van der Waals surface area contributed by atoms with E-state index in [1.807, 2.05) is 47.3 Å². The minimum absolute atomic E-state index is 0.512. The van der Waals surface area contributed by atoms with E-state index < -0.39 is 13.0 Å². The van der Waals surface area contributed by atoms with Gasteiger partial charge in [0.05, 0.1) is 0 Å². The number of nitrogens with zero attached hydrogens (tertiary/aromatic N) is 1. The van der Waals surface area contributed by atoms with Gasteiger partial charge in [0, 0.05) is 12.6 Å². The van der Waals surface area contributed by atoms with Gasteiger partial charge in [-0.3, -0.25) is 0 Å². The average molecular weight is 337 g/mol. The highest BCUT2D eigenvalue weighted by atomic mass is 16.4. The Morgan fingerprint density at radius 2 is 1.76 bits per heavy atom. The lowest BCUT2D eigenvalue weighted by Gasteiger charge is -2.23. The first-order valence-corrected chi connectivity index (χ1v) is 8.50. The molecule has 0 aliphatic carbocycles. The summed E-state index contributed by atoms with van der Waals surface area (Å²) in [5.41, 5.74) is 3.24. The van der Waals surface area contributed by atoms with Gasteiger partial charge >= 0.3 is 13.0 Å². The summed E-state index contributed by atoms with van der Waals surface area (Å²) in [6, 6.07) is 18.1. The molecule has 0 unspecified atom stereocenters. The third kappa shape index (κ3) is 6.95. The van der Waals surface area contributed by atoms with Gasteiger partial charge in [-0.1, -0.05) is 54.6 Å². The molecule has 2 aromatic carbocycles. The van der Waals surface area contributed by atoms with Gasteiger partial charge in [0.2, 0.25) is 0 Å². The maximum atomic E-state index is 10.5. The third-order valence-corrected chi connectivity index (χ3v) is 4.07. The molecule has 0 bridgehead atoms. The van der Waals surface area contributed by atoms with E-state index in [0.29, 0.717) is 6.54 Å². The minimum atomic E-state index is -0.956.